The van der Waals surface area contributed by atoms with Crippen LogP contribution < -0.4 is 0 Å². The van der Waals surface area contributed by atoms with Crippen molar-refractivity contribution in [1.29, 1.82) is 0 Å². The van der Waals surface area contributed by atoms with Gasteiger partial charge in [0.2, 0.25) is 0 Å². The van der Waals surface area contributed by atoms with Gasteiger partial charge in [0.05, 0.1) is 0 Å². The summed E-state index contributed by atoms with van der Waals surface area (Å²) in [5.41, 5.74) is 0.00740. The summed E-state index contributed by atoms with van der Waals surface area (Å²) in [4.78, 5) is 12.1. The highest BCUT2D eigenvalue weighted by Crippen LogP contribution is 2.67. The second kappa shape index (κ2) is 3.13. The number of ether oxygens (including phenoxy) is 1. The van der Waals surface area contributed by atoms with Crippen LogP contribution in [0.25, 0.3) is 0 Å². The van der Waals surface area contributed by atoms with Gasteiger partial charge in [-0.2, -0.15) is 0 Å². The van der Waals surface area contributed by atoms with Gasteiger partial charge in [-0.25, -0.2) is 0 Å². The SMILES string of the molecule is CC(C)(C)C1C(=O)OC12C1CC3CC(C1)CC2C3. The van der Waals surface area contributed by atoms with Gasteiger partial charge in [0.15, 0.2) is 0 Å². The summed E-state index contributed by atoms with van der Waals surface area (Å²) in [7, 11) is 0. The van der Waals surface area contributed by atoms with Gasteiger partial charge in [0, 0.05) is 11.8 Å². The van der Waals surface area contributed by atoms with E-state index in [1.165, 1.54) is 32.1 Å². The normalized spacial score (nSPS) is 53.5. The maximum Gasteiger partial charge on any atom is 0.314 e. The highest BCUT2D eigenvalue weighted by Gasteiger charge is 2.71. The Balaban J connectivity index is 1.74. The Morgan fingerprint density at radius 1 is 1.00 bits per heavy atom. The molecule has 5 fully saturated rings. The predicted molar refractivity (Wildman–Crippen MR) is 68.8 cm³/mol. The van der Waals surface area contributed by atoms with Crippen LogP contribution in [0, 0.1) is 35.0 Å². The van der Waals surface area contributed by atoms with E-state index in [1.807, 2.05) is 0 Å². The molecule has 0 aromatic heterocycles. The molecule has 0 aromatic rings. The van der Waals surface area contributed by atoms with Crippen LogP contribution in [0.3, 0.4) is 0 Å². The van der Waals surface area contributed by atoms with Crippen molar-refractivity contribution in [3.63, 3.8) is 0 Å². The van der Waals surface area contributed by atoms with E-state index in [9.17, 15) is 4.79 Å². The smallest absolute Gasteiger partial charge is 0.314 e. The molecule has 1 heterocycles. The van der Waals surface area contributed by atoms with Gasteiger partial charge in [0.25, 0.3) is 0 Å². The van der Waals surface area contributed by atoms with Crippen LogP contribution in [0.5, 0.6) is 0 Å². The molecule has 4 saturated carbocycles. The number of rotatable bonds is 0. The third-order valence-corrected chi connectivity index (χ3v) is 6.24. The maximum atomic E-state index is 12.1. The molecule has 4 bridgehead atoms. The summed E-state index contributed by atoms with van der Waals surface area (Å²) < 4.78 is 5.90. The van der Waals surface area contributed by atoms with Gasteiger partial charge in [-0.05, 0) is 49.4 Å². The Morgan fingerprint density at radius 3 is 1.89 bits per heavy atom. The lowest BCUT2D eigenvalue weighted by Gasteiger charge is -2.68. The van der Waals surface area contributed by atoms with Crippen molar-refractivity contribution in [3.8, 4) is 0 Å². The molecule has 0 aromatic carbocycles. The topological polar surface area (TPSA) is 26.3 Å². The van der Waals surface area contributed by atoms with Gasteiger partial charge in [0.1, 0.15) is 11.5 Å². The Labute approximate surface area is 109 Å². The summed E-state index contributed by atoms with van der Waals surface area (Å²) in [5, 5.41) is 0. The second-order valence-corrected chi connectivity index (χ2v) is 8.38. The molecule has 18 heavy (non-hydrogen) atoms. The summed E-state index contributed by atoms with van der Waals surface area (Å²) in [5.74, 6) is 3.47. The lowest BCUT2D eigenvalue weighted by molar-refractivity contribution is -0.293. The van der Waals surface area contributed by atoms with Crippen molar-refractivity contribution < 1.29 is 9.53 Å². The molecular formula is C16H24O2. The molecule has 4 aliphatic carbocycles. The van der Waals surface area contributed by atoms with Crippen molar-refractivity contribution in [1.82, 2.24) is 0 Å². The Kier molecular flexibility index (Phi) is 1.97. The van der Waals surface area contributed by atoms with E-state index in [1.54, 1.807) is 0 Å². The third-order valence-electron chi connectivity index (χ3n) is 6.24. The van der Waals surface area contributed by atoms with E-state index in [-0.39, 0.29) is 22.9 Å². The molecule has 0 N–H and O–H groups in total. The van der Waals surface area contributed by atoms with Crippen molar-refractivity contribution in [2.75, 3.05) is 0 Å². The lowest BCUT2D eigenvalue weighted by atomic mass is 9.43. The van der Waals surface area contributed by atoms with Gasteiger partial charge in [-0.1, -0.05) is 20.8 Å². The van der Waals surface area contributed by atoms with Crippen LogP contribution >= 0.6 is 0 Å². The fraction of sp³-hybridized carbons (Fsp3) is 0.938. The lowest BCUT2D eigenvalue weighted by Crippen LogP contribution is -2.73. The number of hydrogen-bond acceptors (Lipinski definition) is 2. The van der Waals surface area contributed by atoms with Crippen LogP contribution in [0.2, 0.25) is 0 Å². The Morgan fingerprint density at radius 2 is 1.50 bits per heavy atom. The highest BCUT2D eigenvalue weighted by molar-refractivity contribution is 5.81. The van der Waals surface area contributed by atoms with Gasteiger partial charge in [-0.15, -0.1) is 0 Å². The minimum Gasteiger partial charge on any atom is -0.457 e. The number of esters is 1. The molecular weight excluding hydrogens is 224 g/mol. The first-order chi connectivity index (χ1) is 8.41. The minimum atomic E-state index is -0.0528. The number of carbonyl (C=O) groups is 1. The molecule has 100 valence electrons. The zero-order valence-corrected chi connectivity index (χ0v) is 11.7. The van der Waals surface area contributed by atoms with Crippen molar-refractivity contribution in [3.05, 3.63) is 0 Å². The first kappa shape index (κ1) is 11.3. The Hall–Kier alpha value is -0.530. The van der Waals surface area contributed by atoms with Crippen LogP contribution in [-0.2, 0) is 9.53 Å². The van der Waals surface area contributed by atoms with Crippen LogP contribution in [0.15, 0.2) is 0 Å². The van der Waals surface area contributed by atoms with Gasteiger partial charge in [-0.3, -0.25) is 4.79 Å². The monoisotopic (exact) mass is 248 g/mol. The molecule has 1 aliphatic heterocycles. The van der Waals surface area contributed by atoms with Crippen LogP contribution in [0.4, 0.5) is 0 Å². The summed E-state index contributed by atoms with van der Waals surface area (Å²) >= 11 is 0. The fourth-order valence-electron chi connectivity index (χ4n) is 6.01. The summed E-state index contributed by atoms with van der Waals surface area (Å²) in [6.07, 6.45) is 6.76. The third kappa shape index (κ3) is 1.18. The van der Waals surface area contributed by atoms with Crippen molar-refractivity contribution in [2.45, 2.75) is 58.5 Å². The summed E-state index contributed by atoms with van der Waals surface area (Å²) in [6, 6.07) is 0. The van der Waals surface area contributed by atoms with E-state index in [2.05, 4.69) is 20.8 Å². The van der Waals surface area contributed by atoms with Gasteiger partial charge < -0.3 is 4.74 Å². The molecule has 5 rings (SSSR count). The van der Waals surface area contributed by atoms with Crippen LogP contribution in [0.1, 0.15) is 52.9 Å². The van der Waals surface area contributed by atoms with E-state index < -0.39 is 0 Å². The van der Waals surface area contributed by atoms with Gasteiger partial charge >= 0.3 is 5.97 Å². The molecule has 1 spiro atoms. The van der Waals surface area contributed by atoms with Crippen LogP contribution in [-0.4, -0.2) is 11.6 Å². The standard InChI is InChI=1S/C16H24O2/c1-15(2,3)13-14(17)18-16(13)11-5-9-4-10(7-11)8-12(16)6-9/h9-13H,4-8H2,1-3H3. The second-order valence-electron chi connectivity index (χ2n) is 8.38. The maximum absolute atomic E-state index is 12.1. The predicted octanol–water partition coefficient (Wildman–Crippen LogP) is 3.40. The molecule has 0 radical (unpaired) electrons. The highest BCUT2D eigenvalue weighted by atomic mass is 16.6. The molecule has 1 atom stereocenters. The Bertz CT molecular complexity index is 376. The average Bonchev–Trinajstić information content (AvgIpc) is 2.19. The quantitative estimate of drug-likeness (QED) is 0.614. The average molecular weight is 248 g/mol. The molecule has 0 amide bonds. The van der Waals surface area contributed by atoms with E-state index in [0.29, 0.717) is 11.8 Å². The minimum absolute atomic E-state index is 0.0528. The largest absolute Gasteiger partial charge is 0.457 e. The first-order valence-electron chi connectivity index (χ1n) is 7.64. The van der Waals surface area contributed by atoms with E-state index in [0.717, 1.165) is 11.8 Å². The molecule has 1 saturated heterocycles. The zero-order chi connectivity index (χ0) is 12.7. The molecule has 2 nitrogen and oxygen atoms in total. The first-order valence-corrected chi connectivity index (χ1v) is 7.64. The number of hydrogen-bond donors (Lipinski definition) is 0. The summed E-state index contributed by atoms with van der Waals surface area (Å²) in [6.45, 7) is 6.64. The molecule has 2 heteroatoms. The van der Waals surface area contributed by atoms with E-state index >= 15 is 0 Å². The number of carbonyl (C=O) groups excluding carboxylic acids is 1. The molecule has 1 unspecified atom stereocenters. The van der Waals surface area contributed by atoms with Crippen molar-refractivity contribution in [2.24, 2.45) is 35.0 Å². The van der Waals surface area contributed by atoms with Crippen molar-refractivity contribution >= 4 is 5.97 Å². The molecule has 5 aliphatic rings. The fourth-order valence-corrected chi connectivity index (χ4v) is 6.01. The zero-order valence-electron chi connectivity index (χ0n) is 11.7. The van der Waals surface area contributed by atoms with E-state index in [4.69, 9.17) is 4.74 Å².